The van der Waals surface area contributed by atoms with E-state index in [1.165, 1.54) is 15.9 Å². The molecular formula is C12H14N8O. The second kappa shape index (κ2) is 4.85. The van der Waals surface area contributed by atoms with Gasteiger partial charge in [0.15, 0.2) is 17.2 Å². The minimum Gasteiger partial charge on any atom is -0.357 e. The molecule has 0 saturated heterocycles. The number of nitrogens with zero attached hydrogens (tertiary/aromatic N) is 6. The van der Waals surface area contributed by atoms with E-state index in [0.29, 0.717) is 28.6 Å². The molecule has 3 rings (SSSR count). The third kappa shape index (κ3) is 2.18. The molecule has 0 bridgehead atoms. The lowest BCUT2D eigenvalue weighted by Crippen LogP contribution is -2.22. The van der Waals surface area contributed by atoms with Gasteiger partial charge in [0.05, 0.1) is 6.33 Å². The molecular weight excluding hydrogens is 272 g/mol. The zero-order valence-corrected chi connectivity index (χ0v) is 11.8. The molecule has 0 aliphatic carbocycles. The summed E-state index contributed by atoms with van der Waals surface area (Å²) in [5.41, 5.74) is 1.53. The lowest BCUT2D eigenvalue weighted by molar-refractivity contribution is 0.0821. The largest absolute Gasteiger partial charge is 0.357 e. The summed E-state index contributed by atoms with van der Waals surface area (Å²) in [4.78, 5) is 29.1. The average Bonchev–Trinajstić information content (AvgIpc) is 3.13. The highest BCUT2D eigenvalue weighted by Gasteiger charge is 2.16. The number of amides is 1. The number of hydrogen-bond donors (Lipinski definition) is 2. The van der Waals surface area contributed by atoms with Crippen molar-refractivity contribution in [2.24, 2.45) is 0 Å². The van der Waals surface area contributed by atoms with Gasteiger partial charge in [0.2, 0.25) is 5.95 Å². The predicted molar refractivity (Wildman–Crippen MR) is 76.4 cm³/mol. The van der Waals surface area contributed by atoms with Crippen LogP contribution in [-0.2, 0) is 0 Å². The number of H-pyrrole nitrogens is 1. The summed E-state index contributed by atoms with van der Waals surface area (Å²) < 4.78 is 1.53. The van der Waals surface area contributed by atoms with Gasteiger partial charge in [-0.05, 0) is 6.07 Å². The smallest absolute Gasteiger partial charge is 0.273 e. The first kappa shape index (κ1) is 13.0. The first-order valence-electron chi connectivity index (χ1n) is 6.26. The van der Waals surface area contributed by atoms with E-state index in [1.54, 1.807) is 33.4 Å². The van der Waals surface area contributed by atoms with Crippen molar-refractivity contribution in [1.82, 2.24) is 34.6 Å². The molecule has 0 atom stereocenters. The van der Waals surface area contributed by atoms with E-state index < -0.39 is 0 Å². The zero-order chi connectivity index (χ0) is 15.0. The molecule has 2 N–H and O–H groups in total. The minimum atomic E-state index is -0.169. The molecule has 9 nitrogen and oxygen atoms in total. The standard InChI is InChI=1S/C12H14N8O/c1-13-12-16-9-8(14-6-15-9)10(17-12)20-5-4-7(18-20)11(21)19(2)3/h4-6H,1-3H3,(H2,13,14,15,16,17). The molecule has 3 aromatic heterocycles. The first-order valence-corrected chi connectivity index (χ1v) is 6.26. The summed E-state index contributed by atoms with van der Waals surface area (Å²) in [6.45, 7) is 0. The summed E-state index contributed by atoms with van der Waals surface area (Å²) in [5, 5.41) is 7.14. The number of anilines is 1. The number of fused-ring (bicyclic) bond motifs is 1. The van der Waals surface area contributed by atoms with Gasteiger partial charge in [0.1, 0.15) is 5.52 Å². The van der Waals surface area contributed by atoms with Crippen molar-refractivity contribution >= 4 is 23.0 Å². The minimum absolute atomic E-state index is 0.169. The highest BCUT2D eigenvalue weighted by Crippen LogP contribution is 2.17. The molecule has 0 aliphatic heterocycles. The molecule has 108 valence electrons. The lowest BCUT2D eigenvalue weighted by atomic mass is 10.4. The van der Waals surface area contributed by atoms with Gasteiger partial charge in [-0.25, -0.2) is 9.67 Å². The Morgan fingerprint density at radius 1 is 1.38 bits per heavy atom. The normalized spacial score (nSPS) is 10.8. The van der Waals surface area contributed by atoms with Crippen LogP contribution in [-0.4, -0.2) is 61.7 Å². The Kier molecular flexibility index (Phi) is 3.01. The fourth-order valence-electron chi connectivity index (χ4n) is 1.88. The maximum absolute atomic E-state index is 11.9. The van der Waals surface area contributed by atoms with Crippen molar-refractivity contribution in [3.05, 3.63) is 24.3 Å². The van der Waals surface area contributed by atoms with E-state index in [-0.39, 0.29) is 5.91 Å². The maximum Gasteiger partial charge on any atom is 0.273 e. The summed E-state index contributed by atoms with van der Waals surface area (Å²) in [5.74, 6) is 0.790. The van der Waals surface area contributed by atoms with Gasteiger partial charge in [0.25, 0.3) is 5.91 Å². The van der Waals surface area contributed by atoms with Crippen molar-refractivity contribution in [1.29, 1.82) is 0 Å². The van der Waals surface area contributed by atoms with Gasteiger partial charge in [-0.3, -0.25) is 4.79 Å². The van der Waals surface area contributed by atoms with Crippen LogP contribution in [0.3, 0.4) is 0 Å². The topological polar surface area (TPSA) is 105 Å². The molecule has 3 heterocycles. The van der Waals surface area contributed by atoms with Crippen LogP contribution in [0.15, 0.2) is 18.6 Å². The van der Waals surface area contributed by atoms with Gasteiger partial charge in [-0.1, -0.05) is 0 Å². The molecule has 0 aliphatic rings. The fraction of sp³-hybridized carbons (Fsp3) is 0.250. The third-order valence-corrected chi connectivity index (χ3v) is 2.92. The van der Waals surface area contributed by atoms with E-state index in [4.69, 9.17) is 0 Å². The van der Waals surface area contributed by atoms with Crippen LogP contribution in [0.5, 0.6) is 0 Å². The summed E-state index contributed by atoms with van der Waals surface area (Å²) in [7, 11) is 5.08. The van der Waals surface area contributed by atoms with Crippen LogP contribution < -0.4 is 5.32 Å². The molecule has 0 radical (unpaired) electrons. The Bertz CT molecular complexity index is 803. The van der Waals surface area contributed by atoms with Crippen LogP contribution in [0.4, 0.5) is 5.95 Å². The van der Waals surface area contributed by atoms with Gasteiger partial charge in [0, 0.05) is 27.3 Å². The Labute approximate surface area is 120 Å². The Morgan fingerprint density at radius 2 is 2.19 bits per heavy atom. The van der Waals surface area contributed by atoms with Crippen molar-refractivity contribution in [3.63, 3.8) is 0 Å². The second-order valence-corrected chi connectivity index (χ2v) is 4.57. The molecule has 1 amide bonds. The molecule has 3 aromatic rings. The van der Waals surface area contributed by atoms with Crippen molar-refractivity contribution in [3.8, 4) is 5.82 Å². The number of nitrogens with one attached hydrogen (secondary N) is 2. The van der Waals surface area contributed by atoms with E-state index >= 15 is 0 Å². The van der Waals surface area contributed by atoms with Crippen LogP contribution in [0, 0.1) is 0 Å². The second-order valence-electron chi connectivity index (χ2n) is 4.57. The maximum atomic E-state index is 11.9. The van der Waals surface area contributed by atoms with Gasteiger partial charge >= 0.3 is 0 Å². The molecule has 0 fully saturated rings. The fourth-order valence-corrected chi connectivity index (χ4v) is 1.88. The number of hydrogen-bond acceptors (Lipinski definition) is 6. The van der Waals surface area contributed by atoms with E-state index in [9.17, 15) is 4.79 Å². The quantitative estimate of drug-likeness (QED) is 0.716. The molecule has 0 unspecified atom stereocenters. The van der Waals surface area contributed by atoms with E-state index in [0.717, 1.165) is 0 Å². The Morgan fingerprint density at radius 3 is 2.90 bits per heavy atom. The number of rotatable bonds is 3. The summed E-state index contributed by atoms with van der Waals surface area (Å²) >= 11 is 0. The highest BCUT2D eigenvalue weighted by molar-refractivity contribution is 5.92. The van der Waals surface area contributed by atoms with Crippen molar-refractivity contribution < 1.29 is 4.79 Å². The van der Waals surface area contributed by atoms with Crippen LogP contribution in [0.1, 0.15) is 10.5 Å². The van der Waals surface area contributed by atoms with Crippen LogP contribution in [0.2, 0.25) is 0 Å². The molecule has 0 saturated carbocycles. The summed E-state index contributed by atoms with van der Waals surface area (Å²) in [6, 6.07) is 1.64. The zero-order valence-electron chi connectivity index (χ0n) is 11.8. The first-order chi connectivity index (χ1) is 10.1. The predicted octanol–water partition coefficient (Wildman–Crippen LogP) is 0.282. The van der Waals surface area contributed by atoms with Crippen molar-refractivity contribution in [2.45, 2.75) is 0 Å². The number of imidazole rings is 1. The lowest BCUT2D eigenvalue weighted by Gasteiger charge is -2.07. The number of aromatic amines is 1. The van der Waals surface area contributed by atoms with Gasteiger partial charge in [-0.15, -0.1) is 0 Å². The van der Waals surface area contributed by atoms with Crippen LogP contribution >= 0.6 is 0 Å². The molecule has 0 aromatic carbocycles. The molecule has 0 spiro atoms. The Balaban J connectivity index is 2.12. The monoisotopic (exact) mass is 286 g/mol. The number of carbonyl (C=O) groups is 1. The number of carbonyl (C=O) groups excluding carboxylic acids is 1. The van der Waals surface area contributed by atoms with Gasteiger partial charge in [-0.2, -0.15) is 15.1 Å². The summed E-state index contributed by atoms with van der Waals surface area (Å²) in [6.07, 6.45) is 3.22. The Hall–Kier alpha value is -2.97. The highest BCUT2D eigenvalue weighted by atomic mass is 16.2. The van der Waals surface area contributed by atoms with Crippen molar-refractivity contribution in [2.75, 3.05) is 26.5 Å². The van der Waals surface area contributed by atoms with E-state index in [1.807, 2.05) is 0 Å². The average molecular weight is 286 g/mol. The number of aromatic nitrogens is 6. The van der Waals surface area contributed by atoms with Crippen LogP contribution in [0.25, 0.3) is 17.0 Å². The van der Waals surface area contributed by atoms with Gasteiger partial charge < -0.3 is 15.2 Å². The molecule has 9 heteroatoms. The van der Waals surface area contributed by atoms with E-state index in [2.05, 4.69) is 30.4 Å². The SMILES string of the molecule is CNc1nc(-n2ccc(C(=O)N(C)C)n2)c2[nH]cnc2n1. The molecule has 21 heavy (non-hydrogen) atoms. The third-order valence-electron chi connectivity index (χ3n) is 2.92.